The van der Waals surface area contributed by atoms with Crippen molar-refractivity contribution < 1.29 is 4.79 Å². The molecule has 2 heterocycles. The molecule has 5 heteroatoms. The lowest BCUT2D eigenvalue weighted by molar-refractivity contribution is 0.0969. The number of anilines is 1. The molecule has 2 fully saturated rings. The number of rotatable bonds is 2. The Morgan fingerprint density at radius 3 is 2.75 bits per heavy atom. The third-order valence-electron chi connectivity index (χ3n) is 4.23. The number of likely N-dealkylation sites (tertiary alicyclic amines) is 1. The first kappa shape index (κ1) is 12.9. The van der Waals surface area contributed by atoms with Crippen molar-refractivity contribution in [2.45, 2.75) is 32.1 Å². The Morgan fingerprint density at radius 1 is 1.50 bits per heavy atom. The number of hydrogen-bond donors (Lipinski definition) is 1. The summed E-state index contributed by atoms with van der Waals surface area (Å²) in [5.74, 6) is 1.22. The van der Waals surface area contributed by atoms with Gasteiger partial charge in [-0.15, -0.1) is 0 Å². The van der Waals surface area contributed by atoms with E-state index in [1.165, 1.54) is 24.8 Å². The van der Waals surface area contributed by atoms with Gasteiger partial charge in [-0.05, 0) is 37.3 Å². The molecule has 0 radical (unpaired) electrons. The first-order valence-corrected chi connectivity index (χ1v) is 7.03. The molecule has 1 aromatic rings. The van der Waals surface area contributed by atoms with Gasteiger partial charge in [0, 0.05) is 19.3 Å². The summed E-state index contributed by atoms with van der Waals surface area (Å²) >= 11 is 0. The van der Waals surface area contributed by atoms with Crippen LogP contribution in [0.2, 0.25) is 0 Å². The van der Waals surface area contributed by atoms with Gasteiger partial charge in [-0.25, -0.2) is 9.78 Å². The van der Waals surface area contributed by atoms with Gasteiger partial charge < -0.3 is 4.90 Å². The van der Waals surface area contributed by atoms with Gasteiger partial charge in [0.25, 0.3) is 0 Å². The summed E-state index contributed by atoms with van der Waals surface area (Å²) in [7, 11) is 0. The summed E-state index contributed by atoms with van der Waals surface area (Å²) in [6.07, 6.45) is 5.65. The Bertz CT molecular complexity index is 550. The molecule has 1 saturated carbocycles. The molecular formula is C15H18N4O. The lowest BCUT2D eigenvalue weighted by Crippen LogP contribution is -2.57. The first-order valence-electron chi connectivity index (χ1n) is 7.03. The summed E-state index contributed by atoms with van der Waals surface area (Å²) in [6.45, 7) is 2.83. The molecule has 0 aromatic carbocycles. The van der Waals surface area contributed by atoms with Crippen LogP contribution in [0.5, 0.6) is 0 Å². The van der Waals surface area contributed by atoms with E-state index in [0.29, 0.717) is 24.8 Å². The van der Waals surface area contributed by atoms with Crippen LogP contribution in [0, 0.1) is 16.7 Å². The maximum atomic E-state index is 11.9. The lowest BCUT2D eigenvalue weighted by Gasteiger charge is -2.42. The predicted octanol–water partition coefficient (Wildman–Crippen LogP) is 2.73. The van der Waals surface area contributed by atoms with E-state index in [1.54, 1.807) is 4.90 Å². The van der Waals surface area contributed by atoms with Crippen LogP contribution in [-0.4, -0.2) is 29.0 Å². The Hall–Kier alpha value is -2.09. The number of amides is 2. The zero-order valence-corrected chi connectivity index (χ0v) is 11.6. The molecule has 0 bridgehead atoms. The van der Waals surface area contributed by atoms with Crippen molar-refractivity contribution in [2.24, 2.45) is 5.41 Å². The molecule has 0 unspecified atom stereocenters. The smallest absolute Gasteiger partial charge is 0.321 e. The van der Waals surface area contributed by atoms with Crippen molar-refractivity contribution in [3.8, 4) is 6.07 Å². The van der Waals surface area contributed by atoms with E-state index < -0.39 is 5.41 Å². The average Bonchev–Trinajstić information content (AvgIpc) is 2.35. The highest BCUT2D eigenvalue weighted by atomic mass is 16.2. The third-order valence-corrected chi connectivity index (χ3v) is 4.23. The van der Waals surface area contributed by atoms with Crippen LogP contribution in [0.4, 0.5) is 10.6 Å². The number of nitrogens with zero attached hydrogens (tertiary/aromatic N) is 3. The van der Waals surface area contributed by atoms with Crippen molar-refractivity contribution in [1.29, 1.82) is 5.26 Å². The predicted molar refractivity (Wildman–Crippen MR) is 75.1 cm³/mol. The molecule has 104 valence electrons. The molecule has 3 rings (SSSR count). The van der Waals surface area contributed by atoms with Gasteiger partial charge in [0.05, 0.1) is 11.5 Å². The monoisotopic (exact) mass is 270 g/mol. The Labute approximate surface area is 118 Å². The molecule has 1 saturated heterocycles. The number of nitriles is 1. The minimum Gasteiger partial charge on any atom is -0.321 e. The van der Waals surface area contributed by atoms with Gasteiger partial charge >= 0.3 is 6.03 Å². The number of carbonyl (C=O) groups is 1. The highest BCUT2D eigenvalue weighted by Gasteiger charge is 2.41. The number of pyridine rings is 1. The van der Waals surface area contributed by atoms with E-state index in [0.717, 1.165) is 0 Å². The molecule has 20 heavy (non-hydrogen) atoms. The van der Waals surface area contributed by atoms with E-state index in [9.17, 15) is 4.79 Å². The zero-order chi connectivity index (χ0) is 14.2. The second kappa shape index (κ2) is 4.78. The SMILES string of the molecule is CC1(C#N)CN(C(=O)Nc2ccc(C3CCC3)cn2)C1. The second-order valence-electron chi connectivity index (χ2n) is 6.06. The normalized spacial score (nSPS) is 20.5. The van der Waals surface area contributed by atoms with Crippen molar-refractivity contribution in [3.05, 3.63) is 23.9 Å². The molecule has 1 aromatic heterocycles. The van der Waals surface area contributed by atoms with E-state index >= 15 is 0 Å². The maximum Gasteiger partial charge on any atom is 0.323 e. The molecule has 1 aliphatic carbocycles. The van der Waals surface area contributed by atoms with Crippen LogP contribution in [0.25, 0.3) is 0 Å². The highest BCUT2D eigenvalue weighted by Crippen LogP contribution is 2.36. The highest BCUT2D eigenvalue weighted by molar-refractivity contribution is 5.89. The number of carbonyl (C=O) groups excluding carboxylic acids is 1. The molecule has 2 amide bonds. The van der Waals surface area contributed by atoms with E-state index in [4.69, 9.17) is 5.26 Å². The fourth-order valence-electron chi connectivity index (χ4n) is 2.66. The van der Waals surface area contributed by atoms with Crippen LogP contribution in [-0.2, 0) is 0 Å². The summed E-state index contributed by atoms with van der Waals surface area (Å²) in [4.78, 5) is 17.9. The van der Waals surface area contributed by atoms with Crippen LogP contribution in [0.15, 0.2) is 18.3 Å². The minimum atomic E-state index is -0.390. The van der Waals surface area contributed by atoms with Crippen molar-refractivity contribution in [2.75, 3.05) is 18.4 Å². The summed E-state index contributed by atoms with van der Waals surface area (Å²) < 4.78 is 0. The van der Waals surface area contributed by atoms with Gasteiger partial charge in [-0.2, -0.15) is 5.26 Å². The largest absolute Gasteiger partial charge is 0.323 e. The summed E-state index contributed by atoms with van der Waals surface area (Å²) in [6, 6.07) is 5.94. The second-order valence-corrected chi connectivity index (χ2v) is 6.06. The van der Waals surface area contributed by atoms with Crippen LogP contribution < -0.4 is 5.32 Å². The molecule has 2 aliphatic rings. The van der Waals surface area contributed by atoms with Crippen molar-refractivity contribution in [3.63, 3.8) is 0 Å². The van der Waals surface area contributed by atoms with Crippen LogP contribution >= 0.6 is 0 Å². The molecular weight excluding hydrogens is 252 g/mol. The molecule has 1 N–H and O–H groups in total. The van der Waals surface area contributed by atoms with Crippen molar-refractivity contribution >= 4 is 11.8 Å². The van der Waals surface area contributed by atoms with E-state index in [1.807, 2.05) is 25.3 Å². The number of nitrogens with one attached hydrogen (secondary N) is 1. The molecule has 0 spiro atoms. The average molecular weight is 270 g/mol. The topological polar surface area (TPSA) is 69.0 Å². The van der Waals surface area contributed by atoms with Gasteiger partial charge in [0.15, 0.2) is 0 Å². The van der Waals surface area contributed by atoms with Crippen LogP contribution in [0.1, 0.15) is 37.7 Å². The van der Waals surface area contributed by atoms with Gasteiger partial charge in [0.1, 0.15) is 5.82 Å². The van der Waals surface area contributed by atoms with E-state index in [2.05, 4.69) is 16.4 Å². The zero-order valence-electron chi connectivity index (χ0n) is 11.6. The Morgan fingerprint density at radius 2 is 2.25 bits per heavy atom. The third kappa shape index (κ3) is 2.34. The van der Waals surface area contributed by atoms with Gasteiger partial charge in [0.2, 0.25) is 0 Å². The fraction of sp³-hybridized carbons (Fsp3) is 0.533. The fourth-order valence-corrected chi connectivity index (χ4v) is 2.66. The number of urea groups is 1. The van der Waals surface area contributed by atoms with Crippen LogP contribution in [0.3, 0.4) is 0 Å². The molecule has 1 aliphatic heterocycles. The Kier molecular flexibility index (Phi) is 3.09. The first-order chi connectivity index (χ1) is 9.59. The number of aromatic nitrogens is 1. The molecule has 5 nitrogen and oxygen atoms in total. The van der Waals surface area contributed by atoms with Gasteiger partial charge in [-0.1, -0.05) is 12.5 Å². The van der Waals surface area contributed by atoms with Crippen molar-refractivity contribution in [1.82, 2.24) is 9.88 Å². The van der Waals surface area contributed by atoms with E-state index in [-0.39, 0.29) is 6.03 Å². The quantitative estimate of drug-likeness (QED) is 0.898. The van der Waals surface area contributed by atoms with Gasteiger partial charge in [-0.3, -0.25) is 5.32 Å². The Balaban J connectivity index is 1.55. The minimum absolute atomic E-state index is 0.179. The maximum absolute atomic E-state index is 11.9. The molecule has 0 atom stereocenters. The number of hydrogen-bond acceptors (Lipinski definition) is 3. The summed E-state index contributed by atoms with van der Waals surface area (Å²) in [5.41, 5.74) is 0.869. The summed E-state index contributed by atoms with van der Waals surface area (Å²) in [5, 5.41) is 11.7. The standard InChI is InChI=1S/C15H18N4O/c1-15(8-16)9-19(10-15)14(20)18-13-6-5-12(7-17-13)11-3-2-4-11/h5-7,11H,2-4,9-10H2,1H3,(H,17,18,20). The lowest BCUT2D eigenvalue weighted by atomic mass is 9.81.